The number of ether oxygens (including phenoxy) is 2. The first-order valence-corrected chi connectivity index (χ1v) is 8.95. The predicted octanol–water partition coefficient (Wildman–Crippen LogP) is 6.83. The number of hydrogen-bond donors (Lipinski definition) is 2. The number of nitrogen functional groups attached to an aromatic ring is 2. The van der Waals surface area contributed by atoms with Crippen LogP contribution >= 0.6 is 0 Å². The van der Waals surface area contributed by atoms with Gasteiger partial charge in [-0.05, 0) is 6.07 Å². The second kappa shape index (κ2) is 8.96. The standard InChI is InChI=1S/C22H12F8N2O2/c1-3-7-13(23)17(27)21(18(28)14(7)24)33-11-6-12(10(32)5-9(11)31)34-22-19(29)15(25)8(4-2)16(26)20(22)30/h3-6H,1-2,31-32H2. The van der Waals surface area contributed by atoms with Gasteiger partial charge < -0.3 is 20.9 Å². The van der Waals surface area contributed by atoms with Crippen LogP contribution < -0.4 is 20.9 Å². The highest BCUT2D eigenvalue weighted by Gasteiger charge is 2.28. The van der Waals surface area contributed by atoms with Crippen molar-refractivity contribution >= 4 is 23.5 Å². The molecule has 4 nitrogen and oxygen atoms in total. The molecule has 3 aromatic rings. The Morgan fingerprint density at radius 1 is 0.529 bits per heavy atom. The van der Waals surface area contributed by atoms with Crippen molar-refractivity contribution in [3.8, 4) is 23.0 Å². The normalized spacial score (nSPS) is 10.8. The molecule has 0 saturated heterocycles. The van der Waals surface area contributed by atoms with Gasteiger partial charge in [0.2, 0.25) is 34.8 Å². The number of benzene rings is 3. The van der Waals surface area contributed by atoms with E-state index in [1.807, 2.05) is 0 Å². The maximum atomic E-state index is 14.3. The van der Waals surface area contributed by atoms with Crippen LogP contribution in [0.15, 0.2) is 25.3 Å². The van der Waals surface area contributed by atoms with Gasteiger partial charge in [-0.1, -0.05) is 25.3 Å². The highest BCUT2D eigenvalue weighted by Crippen LogP contribution is 2.42. The Bertz CT molecular complexity index is 1200. The fraction of sp³-hybridized carbons (Fsp3) is 0. The largest absolute Gasteiger partial charge is 0.449 e. The van der Waals surface area contributed by atoms with E-state index in [-0.39, 0.29) is 0 Å². The van der Waals surface area contributed by atoms with Crippen molar-refractivity contribution in [3.05, 3.63) is 83.0 Å². The summed E-state index contributed by atoms with van der Waals surface area (Å²) < 4.78 is 123. The maximum absolute atomic E-state index is 14.3. The van der Waals surface area contributed by atoms with Gasteiger partial charge in [0.15, 0.2) is 34.8 Å². The number of anilines is 2. The smallest absolute Gasteiger partial charge is 0.205 e. The summed E-state index contributed by atoms with van der Waals surface area (Å²) in [7, 11) is 0. The van der Waals surface area contributed by atoms with E-state index in [2.05, 4.69) is 13.2 Å². The Kier molecular flexibility index (Phi) is 6.44. The van der Waals surface area contributed by atoms with Gasteiger partial charge in [-0.25, -0.2) is 17.6 Å². The Morgan fingerprint density at radius 3 is 1.09 bits per heavy atom. The van der Waals surface area contributed by atoms with Gasteiger partial charge in [-0.15, -0.1) is 0 Å². The minimum absolute atomic E-state index is 0.461. The average molecular weight is 488 g/mol. The third-order valence-electron chi connectivity index (χ3n) is 4.49. The molecule has 0 amide bonds. The summed E-state index contributed by atoms with van der Waals surface area (Å²) in [6, 6.07) is 1.45. The van der Waals surface area contributed by atoms with Gasteiger partial charge in [-0.3, -0.25) is 0 Å². The monoisotopic (exact) mass is 488 g/mol. The van der Waals surface area contributed by atoms with Gasteiger partial charge >= 0.3 is 0 Å². The number of rotatable bonds is 6. The highest BCUT2D eigenvalue weighted by molar-refractivity contribution is 5.69. The third-order valence-corrected chi connectivity index (χ3v) is 4.49. The molecule has 0 unspecified atom stereocenters. The lowest BCUT2D eigenvalue weighted by molar-refractivity contribution is 0.357. The molecule has 0 aromatic heterocycles. The van der Waals surface area contributed by atoms with E-state index in [9.17, 15) is 35.1 Å². The summed E-state index contributed by atoms with van der Waals surface area (Å²) in [5.41, 5.74) is 8.12. The molecule has 0 aliphatic rings. The molecule has 0 atom stereocenters. The number of halogens is 8. The SMILES string of the molecule is C=Cc1c(F)c(F)c(Oc2cc(Oc3c(F)c(F)c(C=C)c(F)c3F)c(N)cc2N)c(F)c1F. The first-order valence-electron chi connectivity index (χ1n) is 8.95. The van der Waals surface area contributed by atoms with Crippen molar-refractivity contribution in [1.82, 2.24) is 0 Å². The van der Waals surface area contributed by atoms with Crippen molar-refractivity contribution in [1.29, 1.82) is 0 Å². The van der Waals surface area contributed by atoms with Gasteiger partial charge in [0.1, 0.15) is 0 Å². The second-order valence-electron chi connectivity index (χ2n) is 6.54. The van der Waals surface area contributed by atoms with Crippen LogP contribution in [0.2, 0.25) is 0 Å². The minimum atomic E-state index is -1.95. The summed E-state index contributed by atoms with van der Waals surface area (Å²) in [4.78, 5) is 0. The number of nitrogens with two attached hydrogens (primary N) is 2. The van der Waals surface area contributed by atoms with Gasteiger partial charge in [0, 0.05) is 6.07 Å². The molecular weight excluding hydrogens is 476 g/mol. The molecule has 34 heavy (non-hydrogen) atoms. The molecule has 0 radical (unpaired) electrons. The van der Waals surface area contributed by atoms with E-state index in [1.54, 1.807) is 0 Å². The van der Waals surface area contributed by atoms with Crippen LogP contribution in [-0.2, 0) is 0 Å². The molecule has 0 heterocycles. The van der Waals surface area contributed by atoms with Crippen LogP contribution in [0.1, 0.15) is 11.1 Å². The summed E-state index contributed by atoms with van der Waals surface area (Å²) in [6.45, 7) is 6.07. The molecule has 3 aromatic carbocycles. The molecule has 178 valence electrons. The Morgan fingerprint density at radius 2 is 0.824 bits per heavy atom. The van der Waals surface area contributed by atoms with Crippen LogP contribution in [0.4, 0.5) is 46.5 Å². The molecule has 12 heteroatoms. The maximum Gasteiger partial charge on any atom is 0.205 e. The highest BCUT2D eigenvalue weighted by atomic mass is 19.2. The molecular formula is C22H12F8N2O2. The van der Waals surface area contributed by atoms with Crippen molar-refractivity contribution < 1.29 is 44.6 Å². The van der Waals surface area contributed by atoms with E-state index in [0.29, 0.717) is 18.2 Å². The van der Waals surface area contributed by atoms with Gasteiger partial charge in [-0.2, -0.15) is 17.6 Å². The molecule has 0 saturated carbocycles. The second-order valence-corrected chi connectivity index (χ2v) is 6.54. The van der Waals surface area contributed by atoms with Crippen molar-refractivity contribution in [2.75, 3.05) is 11.5 Å². The minimum Gasteiger partial charge on any atom is -0.449 e. The quantitative estimate of drug-likeness (QED) is 0.227. The van der Waals surface area contributed by atoms with E-state index in [1.165, 1.54) is 0 Å². The molecule has 0 aliphatic heterocycles. The van der Waals surface area contributed by atoms with Crippen LogP contribution in [0.3, 0.4) is 0 Å². The molecule has 0 fully saturated rings. The first kappa shape index (κ1) is 24.4. The molecule has 4 N–H and O–H groups in total. The summed E-state index contributed by atoms with van der Waals surface area (Å²) in [5.74, 6) is -19.7. The number of hydrogen-bond acceptors (Lipinski definition) is 4. The Balaban J connectivity index is 2.12. The summed E-state index contributed by atoms with van der Waals surface area (Å²) in [5, 5.41) is 0. The third kappa shape index (κ3) is 3.87. The predicted molar refractivity (Wildman–Crippen MR) is 108 cm³/mol. The van der Waals surface area contributed by atoms with E-state index in [0.717, 1.165) is 6.07 Å². The molecule has 0 aliphatic carbocycles. The molecule has 0 bridgehead atoms. The Labute approximate surface area is 186 Å². The zero-order valence-corrected chi connectivity index (χ0v) is 16.7. The van der Waals surface area contributed by atoms with Crippen molar-refractivity contribution in [2.24, 2.45) is 0 Å². The van der Waals surface area contributed by atoms with E-state index in [4.69, 9.17) is 20.9 Å². The van der Waals surface area contributed by atoms with Gasteiger partial charge in [0.25, 0.3) is 0 Å². The first-order chi connectivity index (χ1) is 15.9. The van der Waals surface area contributed by atoms with Crippen LogP contribution in [0, 0.1) is 46.5 Å². The summed E-state index contributed by atoms with van der Waals surface area (Å²) >= 11 is 0. The fourth-order valence-electron chi connectivity index (χ4n) is 2.79. The lowest BCUT2D eigenvalue weighted by atomic mass is 10.1. The fourth-order valence-corrected chi connectivity index (χ4v) is 2.79. The van der Waals surface area contributed by atoms with Crippen molar-refractivity contribution in [2.45, 2.75) is 0 Å². The van der Waals surface area contributed by atoms with Crippen LogP contribution in [0.5, 0.6) is 23.0 Å². The topological polar surface area (TPSA) is 70.5 Å². The Hall–Kier alpha value is -4.22. The van der Waals surface area contributed by atoms with Gasteiger partial charge in [0.05, 0.1) is 22.5 Å². The van der Waals surface area contributed by atoms with Crippen LogP contribution in [0.25, 0.3) is 12.2 Å². The van der Waals surface area contributed by atoms with Crippen LogP contribution in [-0.4, -0.2) is 0 Å². The lowest BCUT2D eigenvalue weighted by Gasteiger charge is -2.16. The van der Waals surface area contributed by atoms with Crippen molar-refractivity contribution in [3.63, 3.8) is 0 Å². The summed E-state index contributed by atoms with van der Waals surface area (Å²) in [6.07, 6.45) is 1.06. The molecule has 0 spiro atoms. The zero-order valence-electron chi connectivity index (χ0n) is 16.7. The van der Waals surface area contributed by atoms with E-state index >= 15 is 0 Å². The zero-order chi connectivity index (χ0) is 25.5. The average Bonchev–Trinajstić information content (AvgIpc) is 2.80. The lowest BCUT2D eigenvalue weighted by Crippen LogP contribution is -2.06. The van der Waals surface area contributed by atoms with E-state index < -0.39 is 92.0 Å². The molecule has 3 rings (SSSR count).